The standard InChI is InChI=1S/C27H27ClFN3O2/c1-18-15-22(16-19(2)26(18)28)34-14-6-5-13-32-24-8-4-3-7-23(24)31-25(32)17-30-27(33)20-9-11-21(29)12-10-20/h3-4,7-12,15-16H,5-6,13-14,17H2,1-2H3,(H,30,33). The van der Waals surface area contributed by atoms with Crippen LogP contribution in [0.5, 0.6) is 5.75 Å². The van der Waals surface area contributed by atoms with E-state index in [0.717, 1.165) is 58.1 Å². The largest absolute Gasteiger partial charge is 0.494 e. The highest BCUT2D eigenvalue weighted by atomic mass is 35.5. The van der Waals surface area contributed by atoms with Crippen molar-refractivity contribution < 1.29 is 13.9 Å². The molecule has 3 aromatic carbocycles. The summed E-state index contributed by atoms with van der Waals surface area (Å²) in [7, 11) is 0. The molecule has 1 N–H and O–H groups in total. The molecular formula is C27H27ClFN3O2. The SMILES string of the molecule is Cc1cc(OCCCCn2c(CNC(=O)c3ccc(F)cc3)nc3ccccc32)cc(C)c1Cl. The number of halogens is 2. The van der Waals surface area contributed by atoms with Gasteiger partial charge in [-0.15, -0.1) is 0 Å². The quantitative estimate of drug-likeness (QED) is 0.289. The number of rotatable bonds is 9. The smallest absolute Gasteiger partial charge is 0.251 e. The first kappa shape index (κ1) is 23.8. The summed E-state index contributed by atoms with van der Waals surface area (Å²) in [5, 5.41) is 3.67. The van der Waals surface area contributed by atoms with Crippen molar-refractivity contribution in [2.45, 2.75) is 39.8 Å². The number of nitrogens with zero attached hydrogens (tertiary/aromatic N) is 2. The fraction of sp³-hybridized carbons (Fsp3) is 0.259. The van der Waals surface area contributed by atoms with Gasteiger partial charge in [-0.2, -0.15) is 0 Å². The molecule has 0 saturated carbocycles. The number of benzene rings is 3. The van der Waals surface area contributed by atoms with Gasteiger partial charge < -0.3 is 14.6 Å². The van der Waals surface area contributed by atoms with Gasteiger partial charge >= 0.3 is 0 Å². The molecule has 34 heavy (non-hydrogen) atoms. The topological polar surface area (TPSA) is 56.1 Å². The fourth-order valence-electron chi connectivity index (χ4n) is 3.92. The summed E-state index contributed by atoms with van der Waals surface area (Å²) in [6.45, 7) is 5.59. The molecule has 0 fully saturated rings. The highest BCUT2D eigenvalue weighted by molar-refractivity contribution is 6.32. The molecule has 1 amide bonds. The van der Waals surface area contributed by atoms with Gasteiger partial charge in [0.05, 0.1) is 24.2 Å². The molecule has 0 spiro atoms. The number of carbonyl (C=O) groups excluding carboxylic acids is 1. The first-order valence-electron chi connectivity index (χ1n) is 11.3. The van der Waals surface area contributed by atoms with Gasteiger partial charge in [0.25, 0.3) is 5.91 Å². The summed E-state index contributed by atoms with van der Waals surface area (Å²) in [4.78, 5) is 17.2. The number of unbranched alkanes of at least 4 members (excludes halogenated alkanes) is 1. The number of hydrogen-bond donors (Lipinski definition) is 1. The number of ether oxygens (including phenoxy) is 1. The van der Waals surface area contributed by atoms with Crippen LogP contribution in [0.4, 0.5) is 4.39 Å². The molecule has 5 nitrogen and oxygen atoms in total. The Morgan fingerprint density at radius 2 is 1.76 bits per heavy atom. The van der Waals surface area contributed by atoms with Gasteiger partial charge in [0.15, 0.2) is 0 Å². The molecule has 176 valence electrons. The van der Waals surface area contributed by atoms with Crippen molar-refractivity contribution in [1.29, 1.82) is 0 Å². The molecule has 0 unspecified atom stereocenters. The van der Waals surface area contributed by atoms with Crippen LogP contribution in [0.1, 0.15) is 40.2 Å². The minimum Gasteiger partial charge on any atom is -0.494 e. The lowest BCUT2D eigenvalue weighted by Crippen LogP contribution is -2.24. The number of fused-ring (bicyclic) bond motifs is 1. The molecule has 0 aliphatic carbocycles. The van der Waals surface area contributed by atoms with Crippen molar-refractivity contribution in [3.05, 3.63) is 94.0 Å². The minimum absolute atomic E-state index is 0.263. The number of hydrogen-bond acceptors (Lipinski definition) is 3. The lowest BCUT2D eigenvalue weighted by molar-refractivity contribution is 0.0949. The summed E-state index contributed by atoms with van der Waals surface area (Å²) in [6, 6.07) is 17.3. The normalized spacial score (nSPS) is 11.1. The molecule has 0 bridgehead atoms. The Morgan fingerprint density at radius 3 is 2.50 bits per heavy atom. The van der Waals surface area contributed by atoms with Crippen LogP contribution in [-0.2, 0) is 13.1 Å². The van der Waals surface area contributed by atoms with E-state index in [1.54, 1.807) is 0 Å². The number of amides is 1. The summed E-state index contributed by atoms with van der Waals surface area (Å²) >= 11 is 6.23. The van der Waals surface area contributed by atoms with Crippen molar-refractivity contribution in [2.24, 2.45) is 0 Å². The third kappa shape index (κ3) is 5.57. The van der Waals surface area contributed by atoms with Crippen molar-refractivity contribution in [3.8, 4) is 5.75 Å². The fourth-order valence-corrected chi connectivity index (χ4v) is 4.03. The van der Waals surface area contributed by atoms with Crippen LogP contribution in [0.15, 0.2) is 60.7 Å². The summed E-state index contributed by atoms with van der Waals surface area (Å²) < 4.78 is 21.2. The molecule has 1 aromatic heterocycles. The van der Waals surface area contributed by atoms with Gasteiger partial charge in [-0.1, -0.05) is 23.7 Å². The third-order valence-electron chi connectivity index (χ3n) is 5.70. The minimum atomic E-state index is -0.372. The Kier molecular flexibility index (Phi) is 7.48. The van der Waals surface area contributed by atoms with E-state index in [1.807, 2.05) is 50.2 Å². The average Bonchev–Trinajstić information content (AvgIpc) is 3.18. The van der Waals surface area contributed by atoms with Crippen LogP contribution in [-0.4, -0.2) is 22.1 Å². The van der Waals surface area contributed by atoms with E-state index in [9.17, 15) is 9.18 Å². The number of aryl methyl sites for hydroxylation is 3. The Bertz CT molecular complexity index is 1280. The molecule has 0 aliphatic rings. The Balaban J connectivity index is 1.37. The van der Waals surface area contributed by atoms with Gasteiger partial charge in [-0.25, -0.2) is 9.37 Å². The number of para-hydroxylation sites is 2. The van der Waals surface area contributed by atoms with E-state index in [0.29, 0.717) is 12.2 Å². The predicted molar refractivity (Wildman–Crippen MR) is 133 cm³/mol. The monoisotopic (exact) mass is 479 g/mol. The lowest BCUT2D eigenvalue weighted by atomic mass is 10.1. The number of nitrogens with one attached hydrogen (secondary N) is 1. The van der Waals surface area contributed by atoms with Crippen molar-refractivity contribution in [1.82, 2.24) is 14.9 Å². The maximum absolute atomic E-state index is 13.1. The van der Waals surface area contributed by atoms with Gasteiger partial charge in [-0.05, 0) is 86.3 Å². The van der Waals surface area contributed by atoms with Gasteiger partial charge in [0.1, 0.15) is 17.4 Å². The van der Waals surface area contributed by atoms with Gasteiger partial charge in [0.2, 0.25) is 0 Å². The predicted octanol–water partition coefficient (Wildman–Crippen LogP) is 6.23. The van der Waals surface area contributed by atoms with E-state index >= 15 is 0 Å². The van der Waals surface area contributed by atoms with E-state index in [-0.39, 0.29) is 18.3 Å². The van der Waals surface area contributed by atoms with Crippen LogP contribution in [0.2, 0.25) is 5.02 Å². The first-order valence-corrected chi connectivity index (χ1v) is 11.7. The van der Waals surface area contributed by atoms with Crippen molar-refractivity contribution in [3.63, 3.8) is 0 Å². The maximum Gasteiger partial charge on any atom is 0.251 e. The molecule has 0 aliphatic heterocycles. The molecule has 4 rings (SSSR count). The number of carbonyl (C=O) groups is 1. The van der Waals surface area contributed by atoms with E-state index in [1.165, 1.54) is 24.3 Å². The zero-order chi connectivity index (χ0) is 24.1. The van der Waals surface area contributed by atoms with E-state index < -0.39 is 0 Å². The maximum atomic E-state index is 13.1. The number of aromatic nitrogens is 2. The van der Waals surface area contributed by atoms with Crippen LogP contribution < -0.4 is 10.1 Å². The van der Waals surface area contributed by atoms with Gasteiger partial charge in [-0.3, -0.25) is 4.79 Å². The van der Waals surface area contributed by atoms with Crippen LogP contribution >= 0.6 is 11.6 Å². The van der Waals surface area contributed by atoms with Crippen LogP contribution in [0.3, 0.4) is 0 Å². The highest BCUT2D eigenvalue weighted by Crippen LogP contribution is 2.26. The van der Waals surface area contributed by atoms with Crippen molar-refractivity contribution >= 4 is 28.5 Å². The van der Waals surface area contributed by atoms with E-state index in [2.05, 4.69) is 9.88 Å². The Hall–Kier alpha value is -3.38. The highest BCUT2D eigenvalue weighted by Gasteiger charge is 2.13. The molecule has 0 radical (unpaired) electrons. The second kappa shape index (κ2) is 10.7. The molecule has 1 heterocycles. The Morgan fingerprint density at radius 1 is 1.06 bits per heavy atom. The molecule has 4 aromatic rings. The summed E-state index contributed by atoms with van der Waals surface area (Å²) in [6.07, 6.45) is 1.76. The lowest BCUT2D eigenvalue weighted by Gasteiger charge is -2.12. The first-order chi connectivity index (χ1) is 16.4. The summed E-state index contributed by atoms with van der Waals surface area (Å²) in [5.74, 6) is 0.974. The zero-order valence-electron chi connectivity index (χ0n) is 19.3. The number of imidazole rings is 1. The van der Waals surface area contributed by atoms with Crippen molar-refractivity contribution in [2.75, 3.05) is 6.61 Å². The second-order valence-electron chi connectivity index (χ2n) is 8.28. The average molecular weight is 480 g/mol. The second-order valence-corrected chi connectivity index (χ2v) is 8.66. The molecule has 7 heteroatoms. The molecular weight excluding hydrogens is 453 g/mol. The van der Waals surface area contributed by atoms with Crippen LogP contribution in [0, 0.1) is 19.7 Å². The van der Waals surface area contributed by atoms with Crippen LogP contribution in [0.25, 0.3) is 11.0 Å². The Labute approximate surface area is 203 Å². The third-order valence-corrected chi connectivity index (χ3v) is 6.30. The van der Waals surface area contributed by atoms with Gasteiger partial charge in [0, 0.05) is 17.1 Å². The van der Waals surface area contributed by atoms with E-state index in [4.69, 9.17) is 21.3 Å². The summed E-state index contributed by atoms with van der Waals surface area (Å²) in [5.41, 5.74) is 4.34. The molecule has 0 saturated heterocycles. The molecule has 0 atom stereocenters. The zero-order valence-corrected chi connectivity index (χ0v) is 20.0.